The highest BCUT2D eigenvalue weighted by molar-refractivity contribution is 7.15. The molecule has 9 nitrogen and oxygen atoms in total. The largest absolute Gasteiger partial charge is 0.491 e. The first kappa shape index (κ1) is 47.6. The van der Waals surface area contributed by atoms with Crippen molar-refractivity contribution in [2.45, 2.75) is 146 Å². The van der Waals surface area contributed by atoms with E-state index in [0.29, 0.717) is 5.82 Å². The van der Waals surface area contributed by atoms with E-state index in [9.17, 15) is 15.5 Å². The number of hydrogen-bond acceptors (Lipinski definition) is 10. The van der Waals surface area contributed by atoms with Gasteiger partial charge in [-0.25, -0.2) is 0 Å². The number of aromatic amines is 1. The molecule has 320 valence electrons. The standard InChI is InChI=1S/C24H34N4O2S.C24H33NO2S/c1-8-24(9-2,20-13-16(4)21(31-20)22-25-27-28-26-22)17-10-11-18(15(3)12-17)30-14-19(29)23(5,6)7;1-8-24(9-2,22-13-17(4)20(14-25)28-22)18-10-11-19(16(3)12-18)27-15-21(26)23(5,6)7/h10-13,19,29H,8-9,14H2,1-7H3,(H,25,26,27,28);10-13,21,26H,8-9,15H2,1-7H3. The van der Waals surface area contributed by atoms with Crippen molar-refractivity contribution < 1.29 is 19.7 Å². The Bertz CT molecular complexity index is 2160. The quantitative estimate of drug-likeness (QED) is 0.0947. The average Bonchev–Trinajstić information content (AvgIpc) is 3.95. The number of aliphatic hydroxyl groups is 2. The molecule has 59 heavy (non-hydrogen) atoms. The number of benzene rings is 2. The van der Waals surface area contributed by atoms with Crippen LogP contribution < -0.4 is 9.47 Å². The van der Waals surface area contributed by atoms with E-state index >= 15 is 0 Å². The fourth-order valence-electron chi connectivity index (χ4n) is 7.38. The number of nitrogens with one attached hydrogen (secondary N) is 1. The zero-order valence-corrected chi connectivity index (χ0v) is 39.5. The van der Waals surface area contributed by atoms with E-state index in [1.807, 2.05) is 60.6 Å². The van der Waals surface area contributed by atoms with Crippen molar-refractivity contribution in [3.05, 3.63) is 96.5 Å². The van der Waals surface area contributed by atoms with Crippen molar-refractivity contribution in [1.29, 1.82) is 5.26 Å². The van der Waals surface area contributed by atoms with Crippen molar-refractivity contribution in [3.8, 4) is 28.3 Å². The van der Waals surface area contributed by atoms with E-state index in [-0.39, 0.29) is 34.9 Å². The highest BCUT2D eigenvalue weighted by Gasteiger charge is 2.35. The number of H-pyrrole nitrogens is 1. The lowest BCUT2D eigenvalue weighted by Crippen LogP contribution is -2.32. The highest BCUT2D eigenvalue weighted by Crippen LogP contribution is 2.47. The topological polar surface area (TPSA) is 137 Å². The van der Waals surface area contributed by atoms with Crippen LogP contribution >= 0.6 is 22.7 Å². The predicted molar refractivity (Wildman–Crippen MR) is 243 cm³/mol. The molecule has 3 N–H and O–H groups in total. The first-order valence-corrected chi connectivity index (χ1v) is 22.5. The van der Waals surface area contributed by atoms with Gasteiger partial charge < -0.3 is 19.7 Å². The Morgan fingerprint density at radius 3 is 1.46 bits per heavy atom. The fraction of sp³-hybridized carbons (Fsp3) is 0.542. The monoisotopic (exact) mass is 841 g/mol. The van der Waals surface area contributed by atoms with Gasteiger partial charge in [0.1, 0.15) is 35.7 Å². The Hall–Kier alpha value is -4.08. The molecule has 5 rings (SSSR count). The summed E-state index contributed by atoms with van der Waals surface area (Å²) in [6.45, 7) is 29.8. The molecule has 11 heteroatoms. The SMILES string of the molecule is CCC(CC)(c1ccc(OCC(O)C(C)(C)C)c(C)c1)c1cc(C)c(-c2nn[nH]n2)s1.CCC(CC)(c1ccc(OCC(O)C(C)(C)C)c(C)c1)c1cc(C)c(C#N)s1. The van der Waals surface area contributed by atoms with Gasteiger partial charge in [-0.3, -0.25) is 0 Å². The second-order valence-corrected chi connectivity index (χ2v) is 20.1. The van der Waals surface area contributed by atoms with Gasteiger partial charge in [0.2, 0.25) is 5.82 Å². The Labute approximate surface area is 361 Å². The summed E-state index contributed by atoms with van der Waals surface area (Å²) >= 11 is 3.36. The summed E-state index contributed by atoms with van der Waals surface area (Å²) in [6, 6.07) is 19.6. The number of nitrogens with zero attached hydrogens (tertiary/aromatic N) is 4. The van der Waals surface area contributed by atoms with Crippen LogP contribution in [-0.2, 0) is 10.8 Å². The number of ether oxygens (including phenoxy) is 2. The van der Waals surface area contributed by atoms with Crippen LogP contribution in [0.2, 0.25) is 0 Å². The number of tetrazole rings is 1. The number of aryl methyl sites for hydroxylation is 4. The maximum Gasteiger partial charge on any atom is 0.214 e. The Morgan fingerprint density at radius 1 is 0.661 bits per heavy atom. The second-order valence-electron chi connectivity index (χ2n) is 18.0. The summed E-state index contributed by atoms with van der Waals surface area (Å²) in [7, 11) is 0. The minimum atomic E-state index is -0.519. The van der Waals surface area contributed by atoms with Gasteiger partial charge in [0, 0.05) is 20.6 Å². The molecule has 2 unspecified atom stereocenters. The summed E-state index contributed by atoms with van der Waals surface area (Å²) in [6.07, 6.45) is 2.87. The summed E-state index contributed by atoms with van der Waals surface area (Å²) < 4.78 is 11.9. The van der Waals surface area contributed by atoms with Crippen molar-refractivity contribution in [3.63, 3.8) is 0 Å². The van der Waals surface area contributed by atoms with Crippen molar-refractivity contribution in [2.75, 3.05) is 13.2 Å². The Balaban J connectivity index is 0.000000262. The third-order valence-corrected chi connectivity index (χ3v) is 14.9. The lowest BCUT2D eigenvalue weighted by molar-refractivity contribution is 0.0216. The van der Waals surface area contributed by atoms with Crippen LogP contribution in [0.3, 0.4) is 0 Å². The molecule has 3 heterocycles. The molecule has 0 aliphatic rings. The number of thiophene rings is 2. The van der Waals surface area contributed by atoms with E-state index < -0.39 is 12.2 Å². The van der Waals surface area contributed by atoms with Gasteiger partial charge in [-0.15, -0.1) is 32.9 Å². The molecule has 0 spiro atoms. The molecule has 3 aromatic heterocycles. The van der Waals surface area contributed by atoms with Crippen LogP contribution in [0, 0.1) is 49.9 Å². The molecule has 2 aromatic carbocycles. The van der Waals surface area contributed by atoms with Gasteiger partial charge in [-0.1, -0.05) is 93.5 Å². The van der Waals surface area contributed by atoms with Gasteiger partial charge >= 0.3 is 0 Å². The normalized spacial score (nSPS) is 13.3. The van der Waals surface area contributed by atoms with Crippen LogP contribution in [0.4, 0.5) is 0 Å². The first-order valence-electron chi connectivity index (χ1n) is 20.9. The van der Waals surface area contributed by atoms with E-state index in [1.54, 1.807) is 22.7 Å². The molecule has 0 saturated carbocycles. The van der Waals surface area contributed by atoms with Crippen LogP contribution in [0.1, 0.15) is 143 Å². The minimum absolute atomic E-state index is 0.0916. The molecule has 0 saturated heterocycles. The zero-order valence-electron chi connectivity index (χ0n) is 37.8. The summed E-state index contributed by atoms with van der Waals surface area (Å²) in [4.78, 5) is 4.42. The Morgan fingerprint density at radius 2 is 1.10 bits per heavy atom. The van der Waals surface area contributed by atoms with Crippen molar-refractivity contribution in [2.24, 2.45) is 10.8 Å². The smallest absolute Gasteiger partial charge is 0.214 e. The predicted octanol–water partition coefficient (Wildman–Crippen LogP) is 11.6. The van der Waals surface area contributed by atoms with Crippen molar-refractivity contribution >= 4 is 22.7 Å². The molecule has 0 fully saturated rings. The fourth-order valence-corrected chi connectivity index (χ4v) is 10.2. The lowest BCUT2D eigenvalue weighted by atomic mass is 9.74. The lowest BCUT2D eigenvalue weighted by Gasteiger charge is -2.32. The molecule has 0 amide bonds. The second kappa shape index (κ2) is 19.5. The van der Waals surface area contributed by atoms with Crippen LogP contribution in [0.5, 0.6) is 11.5 Å². The number of aromatic nitrogens is 4. The van der Waals surface area contributed by atoms with Crippen LogP contribution in [0.15, 0.2) is 48.5 Å². The molecule has 2 atom stereocenters. The molecule has 0 radical (unpaired) electrons. The maximum absolute atomic E-state index is 10.3. The van der Waals surface area contributed by atoms with Gasteiger partial charge in [-0.05, 0) is 127 Å². The van der Waals surface area contributed by atoms with Gasteiger partial charge in [0.25, 0.3) is 0 Å². The van der Waals surface area contributed by atoms with Gasteiger partial charge in [0.15, 0.2) is 0 Å². The minimum Gasteiger partial charge on any atom is -0.491 e. The van der Waals surface area contributed by atoms with E-state index in [4.69, 9.17) is 9.47 Å². The molecule has 0 bridgehead atoms. The first-order chi connectivity index (χ1) is 27.7. The molecular weight excluding hydrogens is 775 g/mol. The third-order valence-electron chi connectivity index (χ3n) is 12.1. The van der Waals surface area contributed by atoms with E-state index in [0.717, 1.165) is 63.6 Å². The average molecular weight is 842 g/mol. The van der Waals surface area contributed by atoms with E-state index in [2.05, 4.69) is 112 Å². The summed E-state index contributed by atoms with van der Waals surface area (Å²) in [5.41, 5.74) is 6.30. The molecule has 0 aliphatic heterocycles. The molecule has 0 aliphatic carbocycles. The zero-order chi connectivity index (χ0) is 43.9. The van der Waals surface area contributed by atoms with Gasteiger partial charge in [0.05, 0.1) is 17.1 Å². The van der Waals surface area contributed by atoms with Crippen LogP contribution in [0.25, 0.3) is 10.7 Å². The number of rotatable bonds is 15. The van der Waals surface area contributed by atoms with Crippen LogP contribution in [-0.4, -0.2) is 56.3 Å². The molecule has 5 aromatic rings. The number of hydrogen-bond donors (Lipinski definition) is 3. The third kappa shape index (κ3) is 10.6. The number of aliphatic hydroxyl groups excluding tert-OH is 2. The Kier molecular flexibility index (Phi) is 15.8. The maximum atomic E-state index is 10.3. The van der Waals surface area contributed by atoms with Crippen molar-refractivity contribution in [1.82, 2.24) is 20.6 Å². The summed E-state index contributed by atoms with van der Waals surface area (Å²) in [5.74, 6) is 2.28. The molecular formula is C48H67N5O4S2. The van der Waals surface area contributed by atoms with Gasteiger partial charge in [-0.2, -0.15) is 10.5 Å². The highest BCUT2D eigenvalue weighted by atomic mass is 32.1. The summed E-state index contributed by atoms with van der Waals surface area (Å²) in [5, 5.41) is 44.5. The van der Waals surface area contributed by atoms with E-state index in [1.165, 1.54) is 26.4 Å². The number of nitriles is 1.